The van der Waals surface area contributed by atoms with Crippen LogP contribution in [0.1, 0.15) is 24.2 Å². The molecule has 88 valence electrons. The maximum atomic E-state index is 10.5. The smallest absolute Gasteiger partial charge is 0.405 e. The Bertz CT molecular complexity index is 411. The van der Waals surface area contributed by atoms with Gasteiger partial charge in [-0.15, -0.1) is 0 Å². The molecule has 1 amide bonds. The van der Waals surface area contributed by atoms with Gasteiger partial charge in [0.25, 0.3) is 0 Å². The summed E-state index contributed by atoms with van der Waals surface area (Å²) in [6, 6.07) is 1.14. The molecule has 1 atom stereocenters. The van der Waals surface area contributed by atoms with Crippen LogP contribution < -0.4 is 11.1 Å². The molecule has 1 heterocycles. The molecule has 1 rings (SSSR count). The molecule has 1 unspecified atom stereocenters. The number of nitrogens with zero attached hydrogens (tertiary/aromatic N) is 1. The second kappa shape index (κ2) is 5.13. The van der Waals surface area contributed by atoms with Gasteiger partial charge in [-0.25, -0.2) is 9.78 Å². The van der Waals surface area contributed by atoms with Crippen LogP contribution in [0.3, 0.4) is 0 Å². The van der Waals surface area contributed by atoms with E-state index in [0.29, 0.717) is 15.7 Å². The minimum absolute atomic E-state index is 0.194. The van der Waals surface area contributed by atoms with Crippen molar-refractivity contribution in [2.75, 3.05) is 5.73 Å². The summed E-state index contributed by atoms with van der Waals surface area (Å²) in [5.74, 6) is 0.194. The third-order valence-electron chi connectivity index (χ3n) is 2.04. The summed E-state index contributed by atoms with van der Waals surface area (Å²) in [5.41, 5.74) is 6.58. The van der Waals surface area contributed by atoms with E-state index in [4.69, 9.17) is 15.9 Å². The molecule has 5 N–H and O–H groups in total. The molecular formula is C9H12BrN3O3. The zero-order chi connectivity index (χ0) is 12.3. The number of nitrogen functional groups attached to an aromatic ring is 1. The Balaban J connectivity index is 3.05. The first kappa shape index (κ1) is 12.7. The van der Waals surface area contributed by atoms with Gasteiger partial charge < -0.3 is 21.3 Å². The molecular weight excluding hydrogens is 278 g/mol. The number of anilines is 1. The first-order valence-corrected chi connectivity index (χ1v) is 5.30. The van der Waals surface area contributed by atoms with Crippen molar-refractivity contribution in [1.82, 2.24) is 10.3 Å². The van der Waals surface area contributed by atoms with E-state index in [1.54, 1.807) is 13.0 Å². The van der Waals surface area contributed by atoms with Crippen molar-refractivity contribution in [2.24, 2.45) is 0 Å². The fourth-order valence-corrected chi connectivity index (χ4v) is 1.95. The van der Waals surface area contributed by atoms with Crippen LogP contribution in [0.4, 0.5) is 10.6 Å². The van der Waals surface area contributed by atoms with Gasteiger partial charge in [0.15, 0.2) is 0 Å². The molecule has 0 aliphatic heterocycles. The molecule has 1 aromatic rings. The molecule has 0 saturated heterocycles. The summed E-state index contributed by atoms with van der Waals surface area (Å²) in [6.45, 7) is 1.44. The van der Waals surface area contributed by atoms with Crippen molar-refractivity contribution in [1.29, 1.82) is 0 Å². The number of aromatic nitrogens is 1. The number of aliphatic hydroxyl groups excluding tert-OH is 1. The Hall–Kier alpha value is -1.34. The molecule has 1 aromatic heterocycles. The van der Waals surface area contributed by atoms with E-state index in [1.807, 2.05) is 0 Å². The van der Waals surface area contributed by atoms with Crippen LogP contribution in [0.25, 0.3) is 0 Å². The fourth-order valence-electron chi connectivity index (χ4n) is 1.24. The summed E-state index contributed by atoms with van der Waals surface area (Å²) in [5, 5.41) is 19.8. The molecule has 7 heteroatoms. The largest absolute Gasteiger partial charge is 0.465 e. The monoisotopic (exact) mass is 289 g/mol. The maximum Gasteiger partial charge on any atom is 0.405 e. The van der Waals surface area contributed by atoms with Gasteiger partial charge >= 0.3 is 6.09 Å². The van der Waals surface area contributed by atoms with E-state index < -0.39 is 12.1 Å². The molecule has 0 aliphatic carbocycles. The highest BCUT2D eigenvalue weighted by Crippen LogP contribution is 2.25. The maximum absolute atomic E-state index is 10.5. The molecule has 0 aliphatic rings. The van der Waals surface area contributed by atoms with Crippen LogP contribution >= 0.6 is 15.9 Å². The zero-order valence-corrected chi connectivity index (χ0v) is 10.2. The summed E-state index contributed by atoms with van der Waals surface area (Å²) in [6.07, 6.45) is -1.13. The molecule has 0 radical (unpaired) electrons. The van der Waals surface area contributed by atoms with E-state index in [9.17, 15) is 4.79 Å². The predicted octanol–water partition coefficient (Wildman–Crippen LogP) is 1.25. The van der Waals surface area contributed by atoms with Crippen LogP contribution in [0, 0.1) is 0 Å². The van der Waals surface area contributed by atoms with Gasteiger partial charge in [-0.3, -0.25) is 0 Å². The van der Waals surface area contributed by atoms with E-state index in [0.717, 1.165) is 0 Å². The second-order valence-corrected chi connectivity index (χ2v) is 4.08. The van der Waals surface area contributed by atoms with E-state index in [-0.39, 0.29) is 12.4 Å². The van der Waals surface area contributed by atoms with Gasteiger partial charge in [-0.05, 0) is 28.9 Å². The lowest BCUT2D eigenvalue weighted by molar-refractivity contribution is 0.190. The van der Waals surface area contributed by atoms with Gasteiger partial charge in [0.05, 0.1) is 18.3 Å². The van der Waals surface area contributed by atoms with Gasteiger partial charge in [-0.1, -0.05) is 0 Å². The first-order chi connectivity index (χ1) is 7.45. The molecule has 0 aromatic carbocycles. The van der Waals surface area contributed by atoms with Gasteiger partial charge in [0.1, 0.15) is 5.82 Å². The van der Waals surface area contributed by atoms with Crippen molar-refractivity contribution in [3.8, 4) is 0 Å². The number of carboxylic acid groups (broad SMARTS) is 1. The van der Waals surface area contributed by atoms with Crippen molar-refractivity contribution in [2.45, 2.75) is 19.6 Å². The molecule has 0 spiro atoms. The van der Waals surface area contributed by atoms with Crippen molar-refractivity contribution >= 4 is 27.8 Å². The topological polar surface area (TPSA) is 108 Å². The van der Waals surface area contributed by atoms with E-state index >= 15 is 0 Å². The highest BCUT2D eigenvalue weighted by molar-refractivity contribution is 9.10. The third-order valence-corrected chi connectivity index (χ3v) is 2.67. The van der Waals surface area contributed by atoms with Crippen molar-refractivity contribution in [3.63, 3.8) is 0 Å². The van der Waals surface area contributed by atoms with Crippen LogP contribution in [0.2, 0.25) is 0 Å². The minimum atomic E-state index is -1.13. The Morgan fingerprint density at radius 2 is 2.38 bits per heavy atom. The first-order valence-electron chi connectivity index (χ1n) is 4.50. The zero-order valence-electron chi connectivity index (χ0n) is 8.57. The summed E-state index contributed by atoms with van der Waals surface area (Å²) >= 11 is 3.25. The Labute approximate surface area is 101 Å². The molecule has 6 nitrogen and oxygen atoms in total. The average molecular weight is 290 g/mol. The lowest BCUT2D eigenvalue weighted by atomic mass is 10.1. The van der Waals surface area contributed by atoms with Crippen molar-refractivity contribution in [3.05, 3.63) is 21.8 Å². The lowest BCUT2D eigenvalue weighted by Crippen LogP contribution is -2.25. The van der Waals surface area contributed by atoms with E-state index in [2.05, 4.69) is 26.2 Å². The van der Waals surface area contributed by atoms with Gasteiger partial charge in [0, 0.05) is 10.0 Å². The van der Waals surface area contributed by atoms with Crippen LogP contribution in [0.5, 0.6) is 0 Å². The number of hydrogen-bond acceptors (Lipinski definition) is 4. The minimum Gasteiger partial charge on any atom is -0.465 e. The fraction of sp³-hybridized carbons (Fsp3) is 0.333. The number of rotatable bonds is 3. The van der Waals surface area contributed by atoms with Crippen LogP contribution in [-0.4, -0.2) is 21.3 Å². The predicted molar refractivity (Wildman–Crippen MR) is 61.8 cm³/mol. The number of hydrogen-bond donors (Lipinski definition) is 4. The summed E-state index contributed by atoms with van der Waals surface area (Å²) in [7, 11) is 0. The highest BCUT2D eigenvalue weighted by Gasteiger charge is 2.15. The third kappa shape index (κ3) is 2.83. The SMILES string of the molecule is CC(NC(=O)O)c1nc(N)c(CO)cc1Br. The molecule has 0 fully saturated rings. The number of halogens is 1. The standard InChI is InChI=1S/C9H12BrN3O3/c1-4(12-9(15)16)7-6(10)2-5(3-14)8(11)13-7/h2,4,12,14H,3H2,1H3,(H2,11,13)(H,15,16). The Kier molecular flexibility index (Phi) is 4.08. The lowest BCUT2D eigenvalue weighted by Gasteiger charge is -2.14. The van der Waals surface area contributed by atoms with E-state index in [1.165, 1.54) is 0 Å². The number of aliphatic hydroxyl groups is 1. The number of nitrogens with two attached hydrogens (primary N) is 1. The van der Waals surface area contributed by atoms with Crippen LogP contribution in [0.15, 0.2) is 10.5 Å². The van der Waals surface area contributed by atoms with Gasteiger partial charge in [0.2, 0.25) is 0 Å². The normalized spacial score (nSPS) is 12.2. The molecule has 0 saturated carbocycles. The quantitative estimate of drug-likeness (QED) is 0.670. The molecule has 0 bridgehead atoms. The van der Waals surface area contributed by atoms with Gasteiger partial charge in [-0.2, -0.15) is 0 Å². The highest BCUT2D eigenvalue weighted by atomic mass is 79.9. The van der Waals surface area contributed by atoms with Crippen molar-refractivity contribution < 1.29 is 15.0 Å². The number of amides is 1. The number of nitrogens with one attached hydrogen (secondary N) is 1. The number of carbonyl (C=O) groups is 1. The average Bonchev–Trinajstić information content (AvgIpc) is 2.19. The summed E-state index contributed by atoms with van der Waals surface area (Å²) in [4.78, 5) is 14.5. The summed E-state index contributed by atoms with van der Waals surface area (Å²) < 4.78 is 0.604. The Morgan fingerprint density at radius 3 is 2.88 bits per heavy atom. The molecule has 16 heavy (non-hydrogen) atoms. The number of pyridine rings is 1. The van der Waals surface area contributed by atoms with Crippen LogP contribution in [-0.2, 0) is 6.61 Å². The Morgan fingerprint density at radius 1 is 1.75 bits per heavy atom. The second-order valence-electron chi connectivity index (χ2n) is 3.23.